The van der Waals surface area contributed by atoms with Crippen LogP contribution in [0.4, 0.5) is 0 Å². The second-order valence-corrected chi connectivity index (χ2v) is 10.9. The number of para-hydroxylation sites is 1. The van der Waals surface area contributed by atoms with E-state index in [4.69, 9.17) is 14.2 Å². The molecule has 1 heterocycles. The largest absolute Gasteiger partial charge is 0.383 e. The number of benzene rings is 2. The maximum Gasteiger partial charge on any atom is 0.279 e. The van der Waals surface area contributed by atoms with Crippen LogP contribution in [-0.2, 0) is 30.8 Å². The molecule has 0 unspecified atom stereocenters. The van der Waals surface area contributed by atoms with Crippen molar-refractivity contribution in [3.8, 4) is 0 Å². The van der Waals surface area contributed by atoms with Crippen molar-refractivity contribution in [2.24, 2.45) is 4.99 Å². The van der Waals surface area contributed by atoms with Crippen LogP contribution in [0.15, 0.2) is 52.4 Å². The van der Waals surface area contributed by atoms with Gasteiger partial charge in [-0.2, -0.15) is 9.30 Å². The van der Waals surface area contributed by atoms with E-state index in [1.807, 2.05) is 36.6 Å². The fraction of sp³-hybridized carbons (Fsp3) is 0.440. The lowest BCUT2D eigenvalue weighted by atomic mass is 10.2. The van der Waals surface area contributed by atoms with Crippen LogP contribution >= 0.6 is 11.3 Å². The van der Waals surface area contributed by atoms with Crippen LogP contribution in [0.1, 0.15) is 22.8 Å². The van der Waals surface area contributed by atoms with Gasteiger partial charge in [0.25, 0.3) is 5.91 Å². The number of thiazole rings is 1. The highest BCUT2D eigenvalue weighted by Crippen LogP contribution is 2.21. The van der Waals surface area contributed by atoms with E-state index < -0.39 is 15.9 Å². The number of aromatic nitrogens is 1. The van der Waals surface area contributed by atoms with E-state index in [1.54, 1.807) is 0 Å². The zero-order valence-electron chi connectivity index (χ0n) is 21.1. The summed E-state index contributed by atoms with van der Waals surface area (Å²) in [7, 11) is -0.738. The summed E-state index contributed by atoms with van der Waals surface area (Å²) >= 11 is 1.44. The number of hydrogen-bond acceptors (Lipinski definition) is 7. The minimum Gasteiger partial charge on any atom is -0.383 e. The van der Waals surface area contributed by atoms with Gasteiger partial charge >= 0.3 is 0 Å². The third-order valence-corrected chi connectivity index (χ3v) is 8.55. The number of hydrogen-bond donors (Lipinski definition) is 0. The molecule has 11 heteroatoms. The van der Waals surface area contributed by atoms with Gasteiger partial charge in [0.1, 0.15) is 0 Å². The summed E-state index contributed by atoms with van der Waals surface area (Å²) in [4.78, 5) is 18.1. The van der Waals surface area contributed by atoms with Crippen molar-refractivity contribution in [1.29, 1.82) is 0 Å². The van der Waals surface area contributed by atoms with Crippen LogP contribution in [0.2, 0.25) is 0 Å². The molecule has 0 N–H and O–H groups in total. The standard InChI is InChI=1S/C25H33N3O6S2/c1-5-34-18-15-28-23-19(2)7-6-8-22(23)35-25(28)26-24(29)20-9-11-21(12-10-20)36(30,31)27(13-16-32-3)14-17-33-4/h6-12H,5,13-18H2,1-4H3. The maximum absolute atomic E-state index is 13.1. The zero-order valence-corrected chi connectivity index (χ0v) is 22.7. The molecule has 2 aromatic carbocycles. The predicted octanol–water partition coefficient (Wildman–Crippen LogP) is 3.07. The average Bonchev–Trinajstić information content (AvgIpc) is 3.22. The van der Waals surface area contributed by atoms with Crippen LogP contribution in [0.25, 0.3) is 10.2 Å². The fourth-order valence-electron chi connectivity index (χ4n) is 3.71. The molecule has 0 aliphatic heterocycles. The highest BCUT2D eigenvalue weighted by atomic mass is 32.2. The Bertz CT molecular complexity index is 1320. The minimum atomic E-state index is -3.77. The second-order valence-electron chi connectivity index (χ2n) is 7.99. The fourth-order valence-corrected chi connectivity index (χ4v) is 6.25. The zero-order chi connectivity index (χ0) is 26.1. The number of carbonyl (C=O) groups is 1. The molecule has 1 amide bonds. The molecule has 3 rings (SSSR count). The van der Waals surface area contributed by atoms with Crippen molar-refractivity contribution in [2.45, 2.75) is 25.3 Å². The summed E-state index contributed by atoms with van der Waals surface area (Å²) in [5.74, 6) is -0.441. The Morgan fingerprint density at radius 2 is 1.69 bits per heavy atom. The second kappa shape index (κ2) is 13.2. The Balaban J connectivity index is 1.91. The molecule has 0 atom stereocenters. The number of fused-ring (bicyclic) bond motifs is 1. The van der Waals surface area contributed by atoms with Crippen molar-refractivity contribution in [3.05, 3.63) is 58.4 Å². The predicted molar refractivity (Wildman–Crippen MR) is 140 cm³/mol. The van der Waals surface area contributed by atoms with E-state index in [9.17, 15) is 13.2 Å². The van der Waals surface area contributed by atoms with Gasteiger partial charge in [-0.1, -0.05) is 23.5 Å². The number of amides is 1. The Hall–Kier alpha value is -2.41. The van der Waals surface area contributed by atoms with Crippen molar-refractivity contribution in [2.75, 3.05) is 53.7 Å². The van der Waals surface area contributed by atoms with Gasteiger partial charge in [-0.15, -0.1) is 0 Å². The normalized spacial score (nSPS) is 12.6. The van der Waals surface area contributed by atoms with Crippen molar-refractivity contribution >= 4 is 37.5 Å². The highest BCUT2D eigenvalue weighted by molar-refractivity contribution is 7.89. The summed E-state index contributed by atoms with van der Waals surface area (Å²) in [6.07, 6.45) is 0. The summed E-state index contributed by atoms with van der Waals surface area (Å²) in [5.41, 5.74) is 2.43. The monoisotopic (exact) mass is 535 g/mol. The Kier molecular flexibility index (Phi) is 10.3. The van der Waals surface area contributed by atoms with Gasteiger partial charge < -0.3 is 18.8 Å². The lowest BCUT2D eigenvalue weighted by Crippen LogP contribution is -2.36. The molecule has 0 aliphatic carbocycles. The summed E-state index contributed by atoms with van der Waals surface area (Å²) in [5, 5.41) is 0. The molecule has 3 aromatic rings. The van der Waals surface area contributed by atoms with Gasteiger partial charge in [-0.25, -0.2) is 8.42 Å². The first-order valence-corrected chi connectivity index (χ1v) is 13.9. The van der Waals surface area contributed by atoms with Crippen LogP contribution in [0, 0.1) is 6.92 Å². The topological polar surface area (TPSA) is 99.4 Å². The van der Waals surface area contributed by atoms with Crippen LogP contribution in [0.5, 0.6) is 0 Å². The van der Waals surface area contributed by atoms with E-state index in [0.29, 0.717) is 30.1 Å². The molecule has 0 saturated carbocycles. The third kappa shape index (κ3) is 6.67. The van der Waals surface area contributed by atoms with Crippen molar-refractivity contribution in [1.82, 2.24) is 8.87 Å². The average molecular weight is 536 g/mol. The third-order valence-electron chi connectivity index (χ3n) is 5.59. The molecule has 1 aromatic heterocycles. The van der Waals surface area contributed by atoms with Gasteiger partial charge in [0.15, 0.2) is 4.80 Å². The van der Waals surface area contributed by atoms with Crippen LogP contribution < -0.4 is 4.80 Å². The van der Waals surface area contributed by atoms with Gasteiger partial charge in [-0.05, 0) is 49.7 Å². The van der Waals surface area contributed by atoms with E-state index in [0.717, 1.165) is 15.8 Å². The lowest BCUT2D eigenvalue weighted by molar-refractivity contribution is 0.0996. The van der Waals surface area contributed by atoms with E-state index >= 15 is 0 Å². The molecule has 36 heavy (non-hydrogen) atoms. The van der Waals surface area contributed by atoms with E-state index in [-0.39, 0.29) is 31.2 Å². The molecular formula is C25H33N3O6S2. The number of sulfonamides is 1. The minimum absolute atomic E-state index is 0.0931. The molecule has 0 radical (unpaired) electrons. The number of nitrogens with zero attached hydrogens (tertiary/aromatic N) is 3. The molecule has 9 nitrogen and oxygen atoms in total. The van der Waals surface area contributed by atoms with Crippen LogP contribution in [-0.4, -0.2) is 76.9 Å². The molecule has 0 fully saturated rings. The number of methoxy groups -OCH3 is 2. The van der Waals surface area contributed by atoms with E-state index in [2.05, 4.69) is 4.99 Å². The smallest absolute Gasteiger partial charge is 0.279 e. The van der Waals surface area contributed by atoms with Gasteiger partial charge in [-0.3, -0.25) is 4.79 Å². The quantitative estimate of drug-likeness (QED) is 0.312. The number of rotatable bonds is 13. The molecule has 196 valence electrons. The van der Waals surface area contributed by atoms with Gasteiger partial charge in [0.2, 0.25) is 10.0 Å². The molecule has 0 saturated heterocycles. The number of carbonyl (C=O) groups excluding carboxylic acids is 1. The molecule has 0 spiro atoms. The first-order valence-electron chi connectivity index (χ1n) is 11.7. The highest BCUT2D eigenvalue weighted by Gasteiger charge is 2.24. The Labute approximate surface area is 216 Å². The van der Waals surface area contributed by atoms with Gasteiger partial charge in [0.05, 0.1) is 34.9 Å². The van der Waals surface area contributed by atoms with E-state index in [1.165, 1.54) is 54.1 Å². The molecular weight excluding hydrogens is 502 g/mol. The number of ether oxygens (including phenoxy) is 3. The SMILES string of the molecule is CCOCCn1c(=NC(=O)c2ccc(S(=O)(=O)N(CCOC)CCOC)cc2)sc2cccc(C)c21. The lowest BCUT2D eigenvalue weighted by Gasteiger charge is -2.21. The summed E-state index contributed by atoms with van der Waals surface area (Å²) in [6.45, 7) is 6.57. The molecule has 0 bridgehead atoms. The Morgan fingerprint density at radius 3 is 2.31 bits per heavy atom. The maximum atomic E-state index is 13.1. The van der Waals surface area contributed by atoms with Crippen molar-refractivity contribution < 1.29 is 27.4 Å². The first-order chi connectivity index (χ1) is 17.3. The van der Waals surface area contributed by atoms with Gasteiger partial charge in [0, 0.05) is 46.0 Å². The van der Waals surface area contributed by atoms with Crippen molar-refractivity contribution in [3.63, 3.8) is 0 Å². The first kappa shape index (κ1) is 28.2. The molecule has 0 aliphatic rings. The number of aryl methyl sites for hydroxylation is 1. The van der Waals surface area contributed by atoms with Crippen LogP contribution in [0.3, 0.4) is 0 Å². The summed E-state index contributed by atoms with van der Waals surface area (Å²) < 4.78 is 46.2. The summed E-state index contributed by atoms with van der Waals surface area (Å²) in [6, 6.07) is 11.9. The Morgan fingerprint density at radius 1 is 1.03 bits per heavy atom.